The molecule has 0 radical (unpaired) electrons. The van der Waals surface area contributed by atoms with Crippen LogP contribution in [0.4, 0.5) is 0 Å². The summed E-state index contributed by atoms with van der Waals surface area (Å²) in [7, 11) is -5.07. The molecule has 188 valence electrons. The van der Waals surface area contributed by atoms with E-state index in [0.717, 1.165) is 11.1 Å². The van der Waals surface area contributed by atoms with Gasteiger partial charge >= 0.3 is 0 Å². The molecular weight excluding hydrogens is 481 g/mol. The standard InChI is InChI=1S/C34H38OSi2/c1-7-36(5,31-25-17-11-18-26-31)33(3,4)34(29-21-13-9-14-22-29,30-23-15-10-16-24-30)35-37(6,8-2)32-27-19-12-20-28-32/h7-28H,1-2H2,3-6H3. The number of hydrogen-bond acceptors (Lipinski definition) is 1. The van der Waals surface area contributed by atoms with E-state index in [1.54, 1.807) is 0 Å². The summed E-state index contributed by atoms with van der Waals surface area (Å²) in [5, 5.41) is 2.20. The Morgan fingerprint density at radius 2 is 0.946 bits per heavy atom. The third-order valence-electron chi connectivity index (χ3n) is 8.42. The highest BCUT2D eigenvalue weighted by Gasteiger charge is 2.60. The smallest absolute Gasteiger partial charge is 0.246 e. The summed E-state index contributed by atoms with van der Waals surface area (Å²) in [5.74, 6) is 0. The quantitative estimate of drug-likeness (QED) is 0.196. The summed E-state index contributed by atoms with van der Waals surface area (Å²) in [4.78, 5) is 0. The number of hydrogen-bond donors (Lipinski definition) is 0. The maximum Gasteiger partial charge on any atom is 0.246 e. The first-order valence-corrected chi connectivity index (χ1v) is 18.0. The van der Waals surface area contributed by atoms with E-state index in [1.807, 2.05) is 0 Å². The molecule has 4 aromatic carbocycles. The lowest BCUT2D eigenvalue weighted by Gasteiger charge is -2.57. The summed E-state index contributed by atoms with van der Waals surface area (Å²) >= 11 is 0. The minimum absolute atomic E-state index is 0.349. The molecule has 1 nitrogen and oxygen atoms in total. The van der Waals surface area contributed by atoms with Crippen molar-refractivity contribution >= 4 is 26.8 Å². The summed E-state index contributed by atoms with van der Waals surface area (Å²) in [5.41, 5.74) is 5.86. The van der Waals surface area contributed by atoms with Crippen LogP contribution in [0, 0.1) is 0 Å². The molecule has 0 aliphatic heterocycles. The maximum absolute atomic E-state index is 7.78. The fraction of sp³-hybridized carbons (Fsp3) is 0.176. The van der Waals surface area contributed by atoms with Crippen molar-refractivity contribution in [1.29, 1.82) is 0 Å². The van der Waals surface area contributed by atoms with Crippen molar-refractivity contribution in [3.05, 3.63) is 157 Å². The highest BCUT2D eigenvalue weighted by Crippen LogP contribution is 2.59. The van der Waals surface area contributed by atoms with E-state index < -0.39 is 22.0 Å². The predicted octanol–water partition coefficient (Wildman–Crippen LogP) is 7.65. The van der Waals surface area contributed by atoms with Crippen LogP contribution in [-0.2, 0) is 10.0 Å². The molecule has 0 fully saturated rings. The normalized spacial score (nSPS) is 15.2. The zero-order valence-electron chi connectivity index (χ0n) is 22.5. The van der Waals surface area contributed by atoms with Gasteiger partial charge in [0.25, 0.3) is 0 Å². The molecule has 0 aromatic heterocycles. The molecule has 0 amide bonds. The molecule has 4 rings (SSSR count). The van der Waals surface area contributed by atoms with Gasteiger partial charge in [0, 0.05) is 5.04 Å². The van der Waals surface area contributed by atoms with E-state index in [4.69, 9.17) is 4.43 Å². The van der Waals surface area contributed by atoms with Gasteiger partial charge in [-0.3, -0.25) is 0 Å². The third kappa shape index (κ3) is 4.52. The third-order valence-corrected chi connectivity index (χ3v) is 16.7. The van der Waals surface area contributed by atoms with Crippen LogP contribution in [0.5, 0.6) is 0 Å². The highest BCUT2D eigenvalue weighted by molar-refractivity contribution is 6.97. The molecule has 2 atom stereocenters. The zero-order valence-corrected chi connectivity index (χ0v) is 24.5. The van der Waals surface area contributed by atoms with Crippen LogP contribution >= 0.6 is 0 Å². The van der Waals surface area contributed by atoms with Crippen LogP contribution in [0.3, 0.4) is 0 Å². The van der Waals surface area contributed by atoms with Crippen LogP contribution in [0.2, 0.25) is 18.1 Å². The van der Waals surface area contributed by atoms with Gasteiger partial charge in [-0.15, -0.1) is 13.2 Å². The molecule has 3 heteroatoms. The summed E-state index contributed by atoms with van der Waals surface area (Å²) in [6.07, 6.45) is 0. The molecule has 0 aliphatic rings. The second kappa shape index (κ2) is 10.6. The van der Waals surface area contributed by atoms with Crippen LogP contribution in [-0.4, -0.2) is 16.4 Å². The van der Waals surface area contributed by atoms with Gasteiger partial charge < -0.3 is 4.43 Å². The molecule has 0 saturated carbocycles. The van der Waals surface area contributed by atoms with Gasteiger partial charge in [-0.25, -0.2) is 0 Å². The van der Waals surface area contributed by atoms with E-state index >= 15 is 0 Å². The average molecular weight is 519 g/mol. The second-order valence-electron chi connectivity index (χ2n) is 10.6. The number of rotatable bonds is 10. The van der Waals surface area contributed by atoms with Crippen molar-refractivity contribution in [3.8, 4) is 0 Å². The van der Waals surface area contributed by atoms with Crippen molar-refractivity contribution < 1.29 is 4.43 Å². The summed E-state index contributed by atoms with van der Waals surface area (Å²) in [6.45, 7) is 18.2. The lowest BCUT2D eigenvalue weighted by atomic mass is 9.77. The first kappa shape index (κ1) is 26.8. The Bertz CT molecular complexity index is 1280. The first-order valence-electron chi connectivity index (χ1n) is 12.9. The Morgan fingerprint density at radius 1 is 0.568 bits per heavy atom. The van der Waals surface area contributed by atoms with E-state index in [1.165, 1.54) is 10.4 Å². The summed E-state index contributed by atoms with van der Waals surface area (Å²) < 4.78 is 7.78. The van der Waals surface area contributed by atoms with Crippen molar-refractivity contribution in [2.45, 2.75) is 37.6 Å². The largest absolute Gasteiger partial charge is 0.395 e. The molecule has 4 aromatic rings. The Labute approximate surface area is 225 Å². The molecule has 0 saturated heterocycles. The molecule has 0 bridgehead atoms. The minimum atomic E-state index is -2.65. The van der Waals surface area contributed by atoms with Gasteiger partial charge in [-0.05, 0) is 22.9 Å². The van der Waals surface area contributed by atoms with E-state index in [2.05, 4.69) is 173 Å². The maximum atomic E-state index is 7.78. The molecule has 0 aliphatic carbocycles. The van der Waals surface area contributed by atoms with Gasteiger partial charge in [0.1, 0.15) is 13.7 Å². The van der Waals surface area contributed by atoms with Gasteiger partial charge in [0.05, 0.1) is 0 Å². The van der Waals surface area contributed by atoms with Crippen LogP contribution in [0.25, 0.3) is 0 Å². The molecule has 0 N–H and O–H groups in total. The van der Waals surface area contributed by atoms with Gasteiger partial charge in [0.2, 0.25) is 8.32 Å². The zero-order chi connectivity index (χ0) is 26.6. The van der Waals surface area contributed by atoms with Gasteiger partial charge in [0.15, 0.2) is 0 Å². The lowest BCUT2D eigenvalue weighted by molar-refractivity contribution is 0.0609. The predicted molar refractivity (Wildman–Crippen MR) is 165 cm³/mol. The lowest BCUT2D eigenvalue weighted by Crippen LogP contribution is -2.64. The van der Waals surface area contributed by atoms with Crippen molar-refractivity contribution in [2.24, 2.45) is 0 Å². The minimum Gasteiger partial charge on any atom is -0.395 e. The summed E-state index contributed by atoms with van der Waals surface area (Å²) in [6, 6.07) is 43.0. The second-order valence-corrected chi connectivity index (χ2v) is 18.6. The first-order chi connectivity index (χ1) is 17.7. The van der Waals surface area contributed by atoms with Gasteiger partial charge in [-0.1, -0.05) is 158 Å². The van der Waals surface area contributed by atoms with Crippen LogP contribution in [0.15, 0.2) is 146 Å². The fourth-order valence-electron chi connectivity index (χ4n) is 5.67. The van der Waals surface area contributed by atoms with E-state index in [9.17, 15) is 0 Å². The Hall–Kier alpha value is -3.25. The molecule has 2 unspecified atom stereocenters. The highest BCUT2D eigenvalue weighted by atomic mass is 28.4. The Morgan fingerprint density at radius 3 is 1.32 bits per heavy atom. The topological polar surface area (TPSA) is 9.23 Å². The molecule has 0 spiro atoms. The van der Waals surface area contributed by atoms with E-state index in [-0.39, 0.29) is 5.04 Å². The van der Waals surface area contributed by atoms with E-state index in [0.29, 0.717) is 0 Å². The van der Waals surface area contributed by atoms with Crippen molar-refractivity contribution in [1.82, 2.24) is 0 Å². The Balaban J connectivity index is 2.11. The fourth-order valence-corrected chi connectivity index (χ4v) is 11.6. The van der Waals surface area contributed by atoms with Gasteiger partial charge in [-0.2, -0.15) is 0 Å². The average Bonchev–Trinajstić information content (AvgIpc) is 2.97. The molecular formula is C34H38OSi2. The Kier molecular flexibility index (Phi) is 7.70. The monoisotopic (exact) mass is 518 g/mol. The molecule has 37 heavy (non-hydrogen) atoms. The van der Waals surface area contributed by atoms with Crippen LogP contribution < -0.4 is 10.4 Å². The van der Waals surface area contributed by atoms with Crippen LogP contribution in [0.1, 0.15) is 25.0 Å². The van der Waals surface area contributed by atoms with Crippen molar-refractivity contribution in [3.63, 3.8) is 0 Å². The van der Waals surface area contributed by atoms with Crippen molar-refractivity contribution in [2.75, 3.05) is 0 Å². The SMILES string of the molecule is C=C[Si](C)(OC(c1ccccc1)(c1ccccc1)C(C)(C)[Si](C)(C=C)c1ccccc1)c1ccccc1. The molecule has 0 heterocycles. The number of benzene rings is 4.